The summed E-state index contributed by atoms with van der Waals surface area (Å²) in [5.74, 6) is 0. The zero-order chi connectivity index (χ0) is 44.3. The van der Waals surface area contributed by atoms with Crippen molar-refractivity contribution in [1.82, 2.24) is 18.8 Å². The summed E-state index contributed by atoms with van der Waals surface area (Å²) in [6, 6.07) is 17.4. The van der Waals surface area contributed by atoms with Crippen molar-refractivity contribution in [3.63, 3.8) is 0 Å². The second-order valence-electron chi connectivity index (χ2n) is 14.2. The molecule has 0 aliphatic carbocycles. The van der Waals surface area contributed by atoms with Crippen LogP contribution in [0.15, 0.2) is 102 Å². The molecule has 22 heteroatoms. The number of halogens is 4. The number of hydrogen-bond donors (Lipinski definition) is 1. The Bertz CT molecular complexity index is 2380. The summed E-state index contributed by atoms with van der Waals surface area (Å²) < 4.78 is 56.5. The minimum atomic E-state index is -3.96. The first-order chi connectivity index (χ1) is 28.9. The second-order valence-corrected chi connectivity index (χ2v) is 21.9. The van der Waals surface area contributed by atoms with Crippen LogP contribution in [-0.2, 0) is 20.0 Å². The number of likely N-dealkylation sites (tertiary alicyclic amines) is 2. The average Bonchev–Trinajstić information content (AvgIpc) is 3.20. The lowest BCUT2D eigenvalue weighted by Gasteiger charge is -2.28. The molecule has 0 bridgehead atoms. The molecule has 14 nitrogen and oxygen atoms in total. The number of nitro groups is 2. The molecule has 0 amide bonds. The van der Waals surface area contributed by atoms with Gasteiger partial charge in [0.25, 0.3) is 11.4 Å². The van der Waals surface area contributed by atoms with Gasteiger partial charge >= 0.3 is 0 Å². The fraction of sp³-hybridized carbons (Fsp3) is 0.385. The van der Waals surface area contributed by atoms with E-state index in [-0.39, 0.29) is 27.7 Å². The maximum Gasteiger partial charge on any atom is 0.270 e. The lowest BCUT2D eigenvalue weighted by Crippen LogP contribution is -2.38. The van der Waals surface area contributed by atoms with Gasteiger partial charge < -0.3 is 9.80 Å². The van der Waals surface area contributed by atoms with Gasteiger partial charge in [-0.05, 0) is 100 Å². The van der Waals surface area contributed by atoms with E-state index >= 15 is 0 Å². The standard InChI is InChI=1S/C20H23Cl2N3O4S2.C19H21Cl2N3O4S2/c1-23(9-10-24-7-3-2-4-8-24)31(28,29)20-14-17(25(26)27)5-6-19(20)30-18-12-15(21)11-16(22)13-18;20-14-10-15(21)12-17(11-14)29-18-5-4-16(24(25)26)13-19(18)30(27,28)22-6-9-23-7-2-1-3-8-23/h5-6,11-14H,2-4,7-10H2,1H3;4-5,10-13,22H,1-3,6-9H2. The molecule has 2 aliphatic rings. The summed E-state index contributed by atoms with van der Waals surface area (Å²) in [5.41, 5.74) is -0.573. The Morgan fingerprint density at radius 2 is 1.03 bits per heavy atom. The van der Waals surface area contributed by atoms with Crippen LogP contribution < -0.4 is 4.72 Å². The third-order valence-electron chi connectivity index (χ3n) is 9.73. The Morgan fingerprint density at radius 3 is 1.48 bits per heavy atom. The molecule has 330 valence electrons. The minimum absolute atomic E-state index is 0.107. The number of sulfonamides is 2. The quantitative estimate of drug-likeness (QED) is 0.0832. The molecular weight excluding hydrogens is 951 g/mol. The smallest absolute Gasteiger partial charge is 0.270 e. The van der Waals surface area contributed by atoms with E-state index in [1.807, 2.05) is 0 Å². The topological polar surface area (TPSA) is 176 Å². The SMILES string of the molecule is CN(CCN1CCCCC1)S(=O)(=O)c1cc([N+](=O)[O-])ccc1Sc1cc(Cl)cc(Cl)c1.O=[N+]([O-])c1ccc(Sc2cc(Cl)cc(Cl)c2)c(S(=O)(=O)NCCN2CCCCC2)c1. The van der Waals surface area contributed by atoms with Crippen molar-refractivity contribution in [2.75, 3.05) is 59.4 Å². The van der Waals surface area contributed by atoms with Crippen molar-refractivity contribution >= 4 is 101 Å². The lowest BCUT2D eigenvalue weighted by molar-refractivity contribution is -0.385. The van der Waals surface area contributed by atoms with E-state index in [4.69, 9.17) is 46.4 Å². The van der Waals surface area contributed by atoms with Crippen molar-refractivity contribution in [3.05, 3.63) is 113 Å². The van der Waals surface area contributed by atoms with E-state index in [9.17, 15) is 37.1 Å². The summed E-state index contributed by atoms with van der Waals surface area (Å²) in [6.07, 6.45) is 6.85. The van der Waals surface area contributed by atoms with Gasteiger partial charge in [0.05, 0.1) is 9.85 Å². The monoisotopic (exact) mass is 992 g/mol. The number of hydrogen-bond acceptors (Lipinski definition) is 12. The highest BCUT2D eigenvalue weighted by Gasteiger charge is 2.28. The van der Waals surface area contributed by atoms with E-state index in [2.05, 4.69) is 14.5 Å². The molecule has 6 rings (SSSR count). The molecule has 2 heterocycles. The van der Waals surface area contributed by atoms with Crippen LogP contribution in [0.3, 0.4) is 0 Å². The number of nitrogens with zero attached hydrogens (tertiary/aromatic N) is 5. The molecular formula is C39H44Cl4N6O8S4. The van der Waals surface area contributed by atoms with E-state index in [0.717, 1.165) is 87.5 Å². The van der Waals surface area contributed by atoms with Crippen LogP contribution in [0.4, 0.5) is 11.4 Å². The molecule has 61 heavy (non-hydrogen) atoms. The van der Waals surface area contributed by atoms with Gasteiger partial charge in [-0.15, -0.1) is 0 Å². The fourth-order valence-corrected chi connectivity index (χ4v) is 13.0. The minimum Gasteiger partial charge on any atom is -0.302 e. The predicted octanol–water partition coefficient (Wildman–Crippen LogP) is 9.98. The number of benzene rings is 4. The summed E-state index contributed by atoms with van der Waals surface area (Å²) in [6.45, 7) is 5.58. The van der Waals surface area contributed by atoms with Gasteiger partial charge in [-0.2, -0.15) is 4.31 Å². The Balaban J connectivity index is 0.000000231. The number of nitro benzene ring substituents is 2. The van der Waals surface area contributed by atoms with Crippen LogP contribution in [0.2, 0.25) is 20.1 Å². The largest absolute Gasteiger partial charge is 0.302 e. The van der Waals surface area contributed by atoms with E-state index in [0.29, 0.717) is 59.3 Å². The van der Waals surface area contributed by atoms with E-state index in [1.165, 1.54) is 48.5 Å². The van der Waals surface area contributed by atoms with Crippen LogP contribution >= 0.6 is 69.9 Å². The maximum atomic E-state index is 13.3. The van der Waals surface area contributed by atoms with Gasteiger partial charge in [0.15, 0.2) is 0 Å². The van der Waals surface area contributed by atoms with Gasteiger partial charge in [-0.1, -0.05) is 82.8 Å². The van der Waals surface area contributed by atoms with Crippen molar-refractivity contribution in [3.8, 4) is 0 Å². The molecule has 0 unspecified atom stereocenters. The van der Waals surface area contributed by atoms with Crippen LogP contribution in [0.1, 0.15) is 38.5 Å². The molecule has 0 aromatic heterocycles. The first-order valence-electron chi connectivity index (χ1n) is 19.2. The molecule has 4 aromatic rings. The maximum absolute atomic E-state index is 13.3. The fourth-order valence-electron chi connectivity index (χ4n) is 6.58. The molecule has 0 atom stereocenters. The van der Waals surface area contributed by atoms with Crippen molar-refractivity contribution < 1.29 is 26.7 Å². The predicted molar refractivity (Wildman–Crippen MR) is 243 cm³/mol. The lowest BCUT2D eigenvalue weighted by atomic mass is 10.1. The number of non-ortho nitro benzene ring substituents is 2. The molecule has 0 saturated carbocycles. The first-order valence-corrected chi connectivity index (χ1v) is 25.2. The number of piperidine rings is 2. The molecule has 4 aromatic carbocycles. The Labute approximate surface area is 384 Å². The third-order valence-corrected chi connectivity index (χ3v) is 16.4. The van der Waals surface area contributed by atoms with Crippen LogP contribution in [-0.4, -0.2) is 100 Å². The van der Waals surface area contributed by atoms with Gasteiger partial charge in [-0.3, -0.25) is 20.2 Å². The highest BCUT2D eigenvalue weighted by molar-refractivity contribution is 8.00. The zero-order valence-electron chi connectivity index (χ0n) is 33.0. The van der Waals surface area contributed by atoms with E-state index < -0.39 is 29.9 Å². The van der Waals surface area contributed by atoms with Crippen molar-refractivity contribution in [2.24, 2.45) is 0 Å². The molecule has 0 spiro atoms. The number of rotatable bonds is 16. The van der Waals surface area contributed by atoms with Crippen LogP contribution in [0, 0.1) is 20.2 Å². The van der Waals surface area contributed by atoms with Crippen LogP contribution in [0.25, 0.3) is 0 Å². The highest BCUT2D eigenvalue weighted by atomic mass is 35.5. The van der Waals surface area contributed by atoms with Crippen molar-refractivity contribution in [2.45, 2.75) is 67.9 Å². The molecule has 2 aliphatic heterocycles. The first kappa shape index (κ1) is 49.3. The molecule has 2 saturated heterocycles. The molecule has 1 N–H and O–H groups in total. The van der Waals surface area contributed by atoms with Gasteiger partial charge in [0, 0.05) is 97.2 Å². The number of likely N-dealkylation sites (N-methyl/N-ethyl adjacent to an activating group) is 1. The molecule has 0 radical (unpaired) electrons. The van der Waals surface area contributed by atoms with Gasteiger partial charge in [0.2, 0.25) is 20.0 Å². The number of nitrogens with one attached hydrogen (secondary N) is 1. The Hall–Kier alpha value is -2.72. The second kappa shape index (κ2) is 22.8. The highest BCUT2D eigenvalue weighted by Crippen LogP contribution is 2.39. The van der Waals surface area contributed by atoms with Crippen molar-refractivity contribution in [1.29, 1.82) is 0 Å². The van der Waals surface area contributed by atoms with Gasteiger partial charge in [-0.25, -0.2) is 21.6 Å². The molecule has 2 fully saturated rings. The summed E-state index contributed by atoms with van der Waals surface area (Å²) in [7, 11) is -6.40. The zero-order valence-corrected chi connectivity index (χ0v) is 39.3. The third kappa shape index (κ3) is 14.7. The summed E-state index contributed by atoms with van der Waals surface area (Å²) in [4.78, 5) is 27.5. The normalized spacial score (nSPS) is 15.3. The van der Waals surface area contributed by atoms with E-state index in [1.54, 1.807) is 36.4 Å². The Morgan fingerprint density at radius 1 is 0.623 bits per heavy atom. The van der Waals surface area contributed by atoms with Crippen LogP contribution in [0.5, 0.6) is 0 Å². The summed E-state index contributed by atoms with van der Waals surface area (Å²) in [5, 5.41) is 24.2. The Kier molecular flexibility index (Phi) is 18.4. The van der Waals surface area contributed by atoms with Gasteiger partial charge in [0.1, 0.15) is 9.79 Å². The average molecular weight is 995 g/mol. The summed E-state index contributed by atoms with van der Waals surface area (Å²) >= 11 is 26.5.